The predicted octanol–water partition coefficient (Wildman–Crippen LogP) is 0.502. The normalized spacial score (nSPS) is 20.8. The number of hydrogen-bond donors (Lipinski definition) is 2. The molecule has 2 N–H and O–H groups in total. The van der Waals surface area contributed by atoms with Crippen LogP contribution in [0.2, 0.25) is 0 Å². The summed E-state index contributed by atoms with van der Waals surface area (Å²) >= 11 is 0. The highest BCUT2D eigenvalue weighted by Crippen LogP contribution is 2.23. The molecule has 0 aromatic heterocycles. The van der Waals surface area contributed by atoms with E-state index < -0.39 is 36.0 Å². The summed E-state index contributed by atoms with van der Waals surface area (Å²) in [6.45, 7) is 3.40. The number of rotatable bonds is 5. The van der Waals surface area contributed by atoms with Crippen molar-refractivity contribution in [1.29, 1.82) is 0 Å². The number of hydrogen-bond acceptors (Lipinski definition) is 4. The highest BCUT2D eigenvalue weighted by atomic mass is 16.4. The Morgan fingerprint density at radius 2 is 1.88 bits per heavy atom. The zero-order valence-corrected chi connectivity index (χ0v) is 13.6. The molecule has 1 heterocycles. The lowest BCUT2D eigenvalue weighted by Crippen LogP contribution is -2.55. The molecule has 0 radical (unpaired) electrons. The van der Waals surface area contributed by atoms with E-state index in [0.29, 0.717) is 6.54 Å². The number of Topliss-reactive ketones (excluding diaryl/α,β-unsaturated/α-hetero) is 1. The van der Waals surface area contributed by atoms with E-state index in [-0.39, 0.29) is 12.5 Å². The fourth-order valence-corrected chi connectivity index (χ4v) is 2.69. The Morgan fingerprint density at radius 3 is 2.46 bits per heavy atom. The molecule has 1 aliphatic heterocycles. The van der Waals surface area contributed by atoms with E-state index in [9.17, 15) is 19.2 Å². The number of nitrogens with zero attached hydrogens (tertiary/aromatic N) is 1. The molecular formula is C17H20N2O5. The molecule has 1 aliphatic rings. The molecule has 24 heavy (non-hydrogen) atoms. The lowest BCUT2D eigenvalue weighted by atomic mass is 9.90. The molecule has 2 rings (SSSR count). The van der Waals surface area contributed by atoms with Crippen LogP contribution in [0.4, 0.5) is 0 Å². The van der Waals surface area contributed by atoms with Gasteiger partial charge in [-0.25, -0.2) is 0 Å². The van der Waals surface area contributed by atoms with Gasteiger partial charge in [0.1, 0.15) is 6.54 Å². The van der Waals surface area contributed by atoms with E-state index in [1.807, 2.05) is 31.2 Å². The smallest absolute Gasteiger partial charge is 0.322 e. The van der Waals surface area contributed by atoms with Crippen molar-refractivity contribution in [3.05, 3.63) is 35.4 Å². The summed E-state index contributed by atoms with van der Waals surface area (Å²) in [7, 11) is 0. The maximum Gasteiger partial charge on any atom is 0.322 e. The average molecular weight is 332 g/mol. The number of ketones is 1. The van der Waals surface area contributed by atoms with E-state index in [2.05, 4.69) is 5.32 Å². The topological polar surface area (TPSA) is 104 Å². The highest BCUT2D eigenvalue weighted by molar-refractivity contribution is 6.19. The van der Waals surface area contributed by atoms with Crippen molar-refractivity contribution in [3.63, 3.8) is 0 Å². The number of benzene rings is 1. The number of carbonyl (C=O) groups excluding carboxylic acids is 3. The Hall–Kier alpha value is -2.70. The number of carbonyl (C=O) groups is 4. The third-order valence-electron chi connectivity index (χ3n) is 4.03. The van der Waals surface area contributed by atoms with E-state index in [4.69, 9.17) is 5.11 Å². The van der Waals surface area contributed by atoms with Gasteiger partial charge in [-0.1, -0.05) is 29.8 Å². The lowest BCUT2D eigenvalue weighted by Gasteiger charge is -2.36. The number of aryl methyl sites for hydroxylation is 1. The lowest BCUT2D eigenvalue weighted by molar-refractivity contribution is -0.154. The minimum absolute atomic E-state index is 0.0722. The Bertz CT molecular complexity index is 668. The first-order chi connectivity index (χ1) is 11.3. The number of carboxylic acids is 1. The van der Waals surface area contributed by atoms with Crippen LogP contribution in [0.1, 0.15) is 24.5 Å². The third-order valence-corrected chi connectivity index (χ3v) is 4.03. The summed E-state index contributed by atoms with van der Waals surface area (Å²) < 4.78 is 0. The fraction of sp³-hybridized carbons (Fsp3) is 0.412. The van der Waals surface area contributed by atoms with Gasteiger partial charge in [0.05, 0.1) is 0 Å². The molecule has 2 amide bonds. The van der Waals surface area contributed by atoms with Crippen molar-refractivity contribution < 1.29 is 24.3 Å². The van der Waals surface area contributed by atoms with Crippen LogP contribution in [0, 0.1) is 12.8 Å². The molecule has 0 saturated carbocycles. The number of likely N-dealkylation sites (tertiary alicyclic amines) is 1. The van der Waals surface area contributed by atoms with Crippen molar-refractivity contribution in [2.75, 3.05) is 6.54 Å². The van der Waals surface area contributed by atoms with Crippen molar-refractivity contribution >= 4 is 23.6 Å². The van der Waals surface area contributed by atoms with E-state index in [1.54, 1.807) is 6.92 Å². The van der Waals surface area contributed by atoms with Crippen LogP contribution in [0.5, 0.6) is 0 Å². The maximum absolute atomic E-state index is 12.6. The van der Waals surface area contributed by atoms with Crippen molar-refractivity contribution in [2.24, 2.45) is 5.92 Å². The molecule has 1 fully saturated rings. The van der Waals surface area contributed by atoms with Crippen LogP contribution in [-0.4, -0.2) is 46.2 Å². The average Bonchev–Trinajstić information content (AvgIpc) is 2.51. The second-order valence-corrected chi connectivity index (χ2v) is 6.02. The molecule has 0 aliphatic carbocycles. The molecule has 7 nitrogen and oxygen atoms in total. The van der Waals surface area contributed by atoms with E-state index in [0.717, 1.165) is 11.1 Å². The largest absolute Gasteiger partial charge is 0.480 e. The number of aliphatic carboxylic acids is 1. The molecule has 0 bridgehead atoms. The molecule has 7 heteroatoms. The van der Waals surface area contributed by atoms with Crippen LogP contribution < -0.4 is 5.32 Å². The van der Waals surface area contributed by atoms with Crippen molar-refractivity contribution in [2.45, 2.75) is 32.9 Å². The SMILES string of the molecule is Cc1ccc(CN2C(=O)C(C(=O)NCC(=O)O)C(=O)CC2C)cc1. The van der Waals surface area contributed by atoms with Gasteiger partial charge >= 0.3 is 5.97 Å². The third kappa shape index (κ3) is 3.98. The van der Waals surface area contributed by atoms with Gasteiger partial charge in [0.15, 0.2) is 11.7 Å². The zero-order chi connectivity index (χ0) is 17.9. The molecular weight excluding hydrogens is 312 g/mol. The summed E-state index contributed by atoms with van der Waals surface area (Å²) in [6.07, 6.45) is 0.0722. The number of amides is 2. The second kappa shape index (κ2) is 7.25. The number of carboxylic acid groups (broad SMARTS) is 1. The van der Waals surface area contributed by atoms with Gasteiger partial charge in [0.2, 0.25) is 11.8 Å². The Kier molecular flexibility index (Phi) is 5.33. The molecule has 1 saturated heterocycles. The molecule has 1 aromatic carbocycles. The van der Waals surface area contributed by atoms with Gasteiger partial charge < -0.3 is 15.3 Å². The van der Waals surface area contributed by atoms with Crippen LogP contribution in [0.15, 0.2) is 24.3 Å². The monoisotopic (exact) mass is 332 g/mol. The summed E-state index contributed by atoms with van der Waals surface area (Å²) in [6, 6.07) is 7.33. The summed E-state index contributed by atoms with van der Waals surface area (Å²) in [4.78, 5) is 48.8. The molecule has 128 valence electrons. The van der Waals surface area contributed by atoms with Gasteiger partial charge in [0, 0.05) is 19.0 Å². The molecule has 2 atom stereocenters. The molecule has 1 aromatic rings. The maximum atomic E-state index is 12.6. The van der Waals surface area contributed by atoms with E-state index >= 15 is 0 Å². The number of piperidine rings is 1. The Balaban J connectivity index is 2.15. The summed E-state index contributed by atoms with van der Waals surface area (Å²) in [5.41, 5.74) is 2.00. The van der Waals surface area contributed by atoms with Crippen LogP contribution in [0.3, 0.4) is 0 Å². The van der Waals surface area contributed by atoms with Gasteiger partial charge in [-0.05, 0) is 19.4 Å². The summed E-state index contributed by atoms with van der Waals surface area (Å²) in [5.74, 6) is -4.61. The fourth-order valence-electron chi connectivity index (χ4n) is 2.69. The van der Waals surface area contributed by atoms with Crippen molar-refractivity contribution in [1.82, 2.24) is 10.2 Å². The molecule has 0 spiro atoms. The first-order valence-corrected chi connectivity index (χ1v) is 7.68. The van der Waals surface area contributed by atoms with Crippen LogP contribution in [-0.2, 0) is 25.7 Å². The minimum atomic E-state index is -1.47. The van der Waals surface area contributed by atoms with Crippen LogP contribution >= 0.6 is 0 Å². The van der Waals surface area contributed by atoms with Gasteiger partial charge in [0.25, 0.3) is 0 Å². The second-order valence-electron chi connectivity index (χ2n) is 6.02. The predicted molar refractivity (Wildman–Crippen MR) is 85.0 cm³/mol. The number of nitrogens with one attached hydrogen (secondary N) is 1. The quantitative estimate of drug-likeness (QED) is 0.764. The molecule has 2 unspecified atom stereocenters. The Labute approximate surface area is 139 Å². The summed E-state index contributed by atoms with van der Waals surface area (Å²) in [5, 5.41) is 10.7. The Morgan fingerprint density at radius 1 is 1.25 bits per heavy atom. The van der Waals surface area contributed by atoms with Gasteiger partial charge in [-0.15, -0.1) is 0 Å². The standard InChI is InChI=1S/C17H20N2O5/c1-10-3-5-12(6-4-10)9-19-11(2)7-13(20)15(17(19)24)16(23)18-8-14(21)22/h3-6,11,15H,7-9H2,1-2H3,(H,18,23)(H,21,22). The van der Waals surface area contributed by atoms with Crippen LogP contribution in [0.25, 0.3) is 0 Å². The minimum Gasteiger partial charge on any atom is -0.480 e. The first kappa shape index (κ1) is 17.7. The highest BCUT2D eigenvalue weighted by Gasteiger charge is 2.43. The zero-order valence-electron chi connectivity index (χ0n) is 13.6. The van der Waals surface area contributed by atoms with Gasteiger partial charge in [-0.2, -0.15) is 0 Å². The van der Waals surface area contributed by atoms with Crippen molar-refractivity contribution in [3.8, 4) is 0 Å². The van der Waals surface area contributed by atoms with Gasteiger partial charge in [-0.3, -0.25) is 19.2 Å². The van der Waals surface area contributed by atoms with E-state index in [1.165, 1.54) is 4.90 Å². The first-order valence-electron chi connectivity index (χ1n) is 7.68.